The van der Waals surface area contributed by atoms with Crippen LogP contribution in [0.4, 0.5) is 5.69 Å². The summed E-state index contributed by atoms with van der Waals surface area (Å²) in [5.41, 5.74) is 3.07. The number of hydrogen-bond donors (Lipinski definition) is 2. The summed E-state index contributed by atoms with van der Waals surface area (Å²) in [4.78, 5) is 24.3. The van der Waals surface area contributed by atoms with Gasteiger partial charge in [-0.3, -0.25) is 0 Å². The van der Waals surface area contributed by atoms with Crippen LogP contribution in [0.1, 0.15) is 27.6 Å². The first-order chi connectivity index (χ1) is 15.0. The highest BCUT2D eigenvalue weighted by Crippen LogP contribution is 2.26. The molecule has 31 heavy (non-hydrogen) atoms. The van der Waals surface area contributed by atoms with Crippen molar-refractivity contribution in [3.05, 3.63) is 78.1 Å². The van der Waals surface area contributed by atoms with Gasteiger partial charge in [-0.15, -0.1) is 0 Å². The second-order valence-electron chi connectivity index (χ2n) is 6.94. The van der Waals surface area contributed by atoms with Gasteiger partial charge in [0.2, 0.25) is 0 Å². The Kier molecular flexibility index (Phi) is 7.45. The minimum Gasteiger partial charge on any atom is -0.465 e. The molecule has 0 aliphatic carbocycles. The van der Waals surface area contributed by atoms with Crippen LogP contribution in [0.15, 0.2) is 67.0 Å². The molecule has 3 aromatic rings. The zero-order chi connectivity index (χ0) is 22.2. The summed E-state index contributed by atoms with van der Waals surface area (Å²) in [7, 11) is 1.32. The fourth-order valence-electron chi connectivity index (χ4n) is 3.29. The number of hydrogen-bond acceptors (Lipinski definition) is 6. The maximum Gasteiger partial charge on any atom is 0.340 e. The number of carbonyl (C=O) groups excluding carboxylic acids is 2. The number of nitrogens with zero attached hydrogens (tertiary/aromatic N) is 1. The van der Waals surface area contributed by atoms with E-state index in [-0.39, 0.29) is 19.7 Å². The summed E-state index contributed by atoms with van der Waals surface area (Å²) in [5.74, 6) is -0.852. The first-order valence-electron chi connectivity index (χ1n) is 10.0. The van der Waals surface area contributed by atoms with Crippen LogP contribution in [0, 0.1) is 0 Å². The molecule has 0 saturated heterocycles. The van der Waals surface area contributed by atoms with E-state index in [1.165, 1.54) is 7.11 Å². The van der Waals surface area contributed by atoms with Crippen molar-refractivity contribution in [2.24, 2.45) is 0 Å². The fourth-order valence-corrected chi connectivity index (χ4v) is 3.29. The van der Waals surface area contributed by atoms with Gasteiger partial charge in [-0.25, -0.2) is 9.59 Å². The minimum atomic E-state index is -0.767. The average Bonchev–Trinajstić information content (AvgIpc) is 3.22. The number of ether oxygens (including phenoxy) is 2. The third kappa shape index (κ3) is 5.52. The van der Waals surface area contributed by atoms with Gasteiger partial charge in [0.15, 0.2) is 0 Å². The maximum atomic E-state index is 12.4. The Morgan fingerprint density at radius 3 is 2.42 bits per heavy atom. The number of aliphatic hydroxyl groups excluding tert-OH is 1. The first kappa shape index (κ1) is 22.1. The number of anilines is 1. The lowest BCUT2D eigenvalue weighted by Gasteiger charge is -2.15. The standard InChI is InChI=1S/C24H26N2O5/c1-3-31-24(29)21-16-26(15-20(21)17-9-5-4-6-10-17)14-18(27)13-25-22-12-8-7-11-19(22)23(28)30-2/h4-12,15-16,18,25,27H,3,13-14H2,1-2H3. The largest absolute Gasteiger partial charge is 0.465 e. The molecule has 0 radical (unpaired) electrons. The van der Waals surface area contributed by atoms with Crippen molar-refractivity contribution in [1.82, 2.24) is 4.57 Å². The van der Waals surface area contributed by atoms with Crippen LogP contribution >= 0.6 is 0 Å². The number of aliphatic hydroxyl groups is 1. The van der Waals surface area contributed by atoms with Crippen LogP contribution in [-0.2, 0) is 16.0 Å². The smallest absolute Gasteiger partial charge is 0.340 e. The van der Waals surface area contributed by atoms with Crippen molar-refractivity contribution in [3.63, 3.8) is 0 Å². The van der Waals surface area contributed by atoms with Gasteiger partial charge in [-0.05, 0) is 24.6 Å². The second kappa shape index (κ2) is 10.4. The number of methoxy groups -OCH3 is 1. The summed E-state index contributed by atoms with van der Waals surface area (Å²) >= 11 is 0. The summed E-state index contributed by atoms with van der Waals surface area (Å²) < 4.78 is 11.8. The molecule has 2 aromatic carbocycles. The van der Waals surface area contributed by atoms with E-state index in [1.54, 1.807) is 42.0 Å². The molecule has 7 nitrogen and oxygen atoms in total. The van der Waals surface area contributed by atoms with E-state index in [1.807, 2.05) is 36.5 Å². The number of rotatable bonds is 9. The third-order valence-corrected chi connectivity index (χ3v) is 4.74. The van der Waals surface area contributed by atoms with E-state index < -0.39 is 18.0 Å². The average molecular weight is 422 g/mol. The predicted molar refractivity (Wildman–Crippen MR) is 118 cm³/mol. The van der Waals surface area contributed by atoms with Crippen LogP contribution in [0.3, 0.4) is 0 Å². The van der Waals surface area contributed by atoms with E-state index in [0.29, 0.717) is 16.8 Å². The highest BCUT2D eigenvalue weighted by Gasteiger charge is 2.18. The van der Waals surface area contributed by atoms with Gasteiger partial charge in [0.05, 0.1) is 30.9 Å². The minimum absolute atomic E-state index is 0.210. The highest BCUT2D eigenvalue weighted by atomic mass is 16.5. The molecule has 1 heterocycles. The van der Waals surface area contributed by atoms with Crippen LogP contribution in [0.5, 0.6) is 0 Å². The molecular weight excluding hydrogens is 396 g/mol. The molecule has 0 spiro atoms. The number of esters is 2. The Hall–Kier alpha value is -3.58. The molecular formula is C24H26N2O5. The van der Waals surface area contributed by atoms with Gasteiger partial charge in [0.25, 0.3) is 0 Å². The fraction of sp³-hybridized carbons (Fsp3) is 0.250. The highest BCUT2D eigenvalue weighted by molar-refractivity contribution is 5.97. The van der Waals surface area contributed by atoms with Gasteiger partial charge in [-0.1, -0.05) is 42.5 Å². The number of aromatic nitrogens is 1. The number of carbonyl (C=O) groups is 2. The zero-order valence-electron chi connectivity index (χ0n) is 17.6. The topological polar surface area (TPSA) is 89.8 Å². The molecule has 1 aromatic heterocycles. The van der Waals surface area contributed by atoms with Crippen molar-refractivity contribution < 1.29 is 24.2 Å². The number of benzene rings is 2. The summed E-state index contributed by atoms with van der Waals surface area (Å²) in [6, 6.07) is 16.5. The van der Waals surface area contributed by atoms with Gasteiger partial charge in [0, 0.05) is 36.7 Å². The molecule has 7 heteroatoms. The van der Waals surface area contributed by atoms with Gasteiger partial charge in [0.1, 0.15) is 0 Å². The van der Waals surface area contributed by atoms with Gasteiger partial charge < -0.3 is 24.5 Å². The third-order valence-electron chi connectivity index (χ3n) is 4.74. The summed E-state index contributed by atoms with van der Waals surface area (Å²) in [6.45, 7) is 2.51. The van der Waals surface area contributed by atoms with Crippen LogP contribution in [0.25, 0.3) is 11.1 Å². The lowest BCUT2D eigenvalue weighted by atomic mass is 10.1. The molecule has 0 aliphatic rings. The lowest BCUT2D eigenvalue weighted by molar-refractivity contribution is 0.0525. The van der Waals surface area contributed by atoms with E-state index in [2.05, 4.69) is 5.32 Å². The van der Waals surface area contributed by atoms with Crippen molar-refractivity contribution in [2.45, 2.75) is 19.6 Å². The zero-order valence-corrected chi connectivity index (χ0v) is 17.6. The Labute approximate surface area is 181 Å². The lowest BCUT2D eigenvalue weighted by Crippen LogP contribution is -2.25. The molecule has 162 valence electrons. The van der Waals surface area contributed by atoms with Gasteiger partial charge in [-0.2, -0.15) is 0 Å². The molecule has 0 saturated carbocycles. The molecule has 2 N–H and O–H groups in total. The second-order valence-corrected chi connectivity index (χ2v) is 6.94. The van der Waals surface area contributed by atoms with E-state index >= 15 is 0 Å². The number of para-hydroxylation sites is 1. The summed E-state index contributed by atoms with van der Waals surface area (Å²) in [5, 5.41) is 13.6. The van der Waals surface area contributed by atoms with Crippen molar-refractivity contribution in [1.29, 1.82) is 0 Å². The SMILES string of the molecule is CCOC(=O)c1cn(CC(O)CNc2ccccc2C(=O)OC)cc1-c1ccccc1. The molecule has 0 aliphatic heterocycles. The number of nitrogens with one attached hydrogen (secondary N) is 1. The quantitative estimate of drug-likeness (QED) is 0.512. The first-order valence-corrected chi connectivity index (χ1v) is 10.0. The van der Waals surface area contributed by atoms with Crippen LogP contribution < -0.4 is 5.32 Å². The van der Waals surface area contributed by atoms with E-state index in [4.69, 9.17) is 9.47 Å². The molecule has 1 atom stereocenters. The molecule has 0 bridgehead atoms. The summed E-state index contributed by atoms with van der Waals surface area (Å²) in [6.07, 6.45) is 2.75. The maximum absolute atomic E-state index is 12.4. The molecule has 0 amide bonds. The Morgan fingerprint density at radius 1 is 1.00 bits per heavy atom. The van der Waals surface area contributed by atoms with Crippen LogP contribution in [-0.4, -0.2) is 48.0 Å². The Morgan fingerprint density at radius 2 is 1.71 bits per heavy atom. The monoisotopic (exact) mass is 422 g/mol. The van der Waals surface area contributed by atoms with Crippen LogP contribution in [0.2, 0.25) is 0 Å². The van der Waals surface area contributed by atoms with Gasteiger partial charge >= 0.3 is 11.9 Å². The van der Waals surface area contributed by atoms with Crippen molar-refractivity contribution in [3.8, 4) is 11.1 Å². The van der Waals surface area contributed by atoms with E-state index in [9.17, 15) is 14.7 Å². The van der Waals surface area contributed by atoms with Crippen molar-refractivity contribution >= 4 is 17.6 Å². The predicted octanol–water partition coefficient (Wildman–Crippen LogP) is 3.59. The molecule has 0 fully saturated rings. The normalized spacial score (nSPS) is 11.6. The Balaban J connectivity index is 1.74. The molecule has 3 rings (SSSR count). The van der Waals surface area contributed by atoms with Crippen molar-refractivity contribution in [2.75, 3.05) is 25.6 Å². The Bertz CT molecular complexity index is 1030. The molecule has 1 unspecified atom stereocenters. The van der Waals surface area contributed by atoms with E-state index in [0.717, 1.165) is 11.1 Å².